The SMILES string of the molecule is NC(=O)CC[C@@H](NC(=O)N1CCCCCCC1)C(=O)O. The number of nitrogens with two attached hydrogens (primary N) is 1. The van der Waals surface area contributed by atoms with Crippen LogP contribution in [0.4, 0.5) is 4.79 Å². The highest BCUT2D eigenvalue weighted by molar-refractivity contribution is 5.83. The highest BCUT2D eigenvalue weighted by atomic mass is 16.4. The smallest absolute Gasteiger partial charge is 0.326 e. The Labute approximate surface area is 118 Å². The molecule has 7 heteroatoms. The Morgan fingerprint density at radius 2 is 1.65 bits per heavy atom. The van der Waals surface area contributed by atoms with Crippen molar-refractivity contribution in [2.45, 2.75) is 51.0 Å². The number of aliphatic carboxylic acids is 1. The molecule has 0 aromatic rings. The molecule has 1 atom stereocenters. The number of carbonyl (C=O) groups is 3. The molecule has 0 radical (unpaired) electrons. The number of urea groups is 1. The van der Waals surface area contributed by atoms with Crippen molar-refractivity contribution in [1.82, 2.24) is 10.2 Å². The summed E-state index contributed by atoms with van der Waals surface area (Å²) in [5.41, 5.74) is 5.00. The average Bonchev–Trinajstić information content (AvgIpc) is 2.33. The highest BCUT2D eigenvalue weighted by Gasteiger charge is 2.23. The minimum Gasteiger partial charge on any atom is -0.480 e. The first-order chi connectivity index (χ1) is 9.50. The van der Waals surface area contributed by atoms with E-state index < -0.39 is 17.9 Å². The Bertz CT molecular complexity index is 352. The van der Waals surface area contributed by atoms with Crippen molar-refractivity contribution in [1.29, 1.82) is 0 Å². The van der Waals surface area contributed by atoms with Crippen LogP contribution in [0.5, 0.6) is 0 Å². The molecule has 1 fully saturated rings. The molecule has 1 aliphatic heterocycles. The van der Waals surface area contributed by atoms with Gasteiger partial charge in [0.1, 0.15) is 6.04 Å². The van der Waals surface area contributed by atoms with Crippen molar-refractivity contribution in [3.05, 3.63) is 0 Å². The quantitative estimate of drug-likeness (QED) is 0.689. The third-order valence-corrected chi connectivity index (χ3v) is 3.42. The molecule has 0 saturated carbocycles. The summed E-state index contributed by atoms with van der Waals surface area (Å²) in [6.45, 7) is 1.29. The molecular weight excluding hydrogens is 262 g/mol. The minimum atomic E-state index is -1.15. The summed E-state index contributed by atoms with van der Waals surface area (Å²) in [7, 11) is 0. The number of carboxylic acids is 1. The Morgan fingerprint density at radius 1 is 1.10 bits per heavy atom. The molecule has 0 spiro atoms. The van der Waals surface area contributed by atoms with Gasteiger partial charge in [0.15, 0.2) is 0 Å². The highest BCUT2D eigenvalue weighted by Crippen LogP contribution is 2.11. The number of rotatable bonds is 5. The minimum absolute atomic E-state index is 0.0181. The zero-order valence-electron chi connectivity index (χ0n) is 11.6. The molecule has 1 heterocycles. The first-order valence-electron chi connectivity index (χ1n) is 7.07. The number of nitrogens with one attached hydrogen (secondary N) is 1. The van der Waals surface area contributed by atoms with Gasteiger partial charge in [0.05, 0.1) is 0 Å². The molecule has 0 aliphatic carbocycles. The van der Waals surface area contributed by atoms with E-state index in [0.717, 1.165) is 25.7 Å². The van der Waals surface area contributed by atoms with Crippen LogP contribution in [-0.4, -0.2) is 47.0 Å². The second-order valence-corrected chi connectivity index (χ2v) is 5.10. The van der Waals surface area contributed by atoms with E-state index in [0.29, 0.717) is 13.1 Å². The Balaban J connectivity index is 2.50. The van der Waals surface area contributed by atoms with Crippen molar-refractivity contribution in [2.75, 3.05) is 13.1 Å². The van der Waals surface area contributed by atoms with E-state index in [4.69, 9.17) is 10.8 Å². The topological polar surface area (TPSA) is 113 Å². The van der Waals surface area contributed by atoms with Crippen LogP contribution in [0.15, 0.2) is 0 Å². The standard InChI is InChI=1S/C13H23N3O4/c14-11(17)7-6-10(12(18)19)15-13(20)16-8-4-2-1-3-5-9-16/h10H,1-9H2,(H2,14,17)(H,15,20)(H,18,19)/t10-/m1/s1. The summed E-state index contributed by atoms with van der Waals surface area (Å²) >= 11 is 0. The molecule has 1 rings (SSSR count). The molecule has 7 nitrogen and oxygen atoms in total. The molecule has 0 bridgehead atoms. The van der Waals surface area contributed by atoms with E-state index >= 15 is 0 Å². The van der Waals surface area contributed by atoms with Crippen molar-refractivity contribution in [2.24, 2.45) is 5.73 Å². The maximum atomic E-state index is 12.1. The summed E-state index contributed by atoms with van der Waals surface area (Å²) in [6, 6.07) is -1.44. The van der Waals surface area contributed by atoms with Gasteiger partial charge in [-0.3, -0.25) is 4.79 Å². The van der Waals surface area contributed by atoms with Gasteiger partial charge in [-0.2, -0.15) is 0 Å². The zero-order chi connectivity index (χ0) is 15.0. The van der Waals surface area contributed by atoms with Crippen LogP contribution in [-0.2, 0) is 9.59 Å². The number of likely N-dealkylation sites (tertiary alicyclic amines) is 1. The lowest BCUT2D eigenvalue weighted by atomic mass is 10.1. The fraction of sp³-hybridized carbons (Fsp3) is 0.769. The number of carboxylic acid groups (broad SMARTS) is 1. The zero-order valence-corrected chi connectivity index (χ0v) is 11.6. The van der Waals surface area contributed by atoms with Crippen molar-refractivity contribution >= 4 is 17.9 Å². The van der Waals surface area contributed by atoms with E-state index in [1.54, 1.807) is 4.90 Å². The molecule has 1 aliphatic rings. The van der Waals surface area contributed by atoms with Gasteiger partial charge in [-0.05, 0) is 19.3 Å². The molecule has 0 aromatic heterocycles. The molecule has 3 amide bonds. The fourth-order valence-corrected chi connectivity index (χ4v) is 2.23. The molecular formula is C13H23N3O4. The number of nitrogens with zero attached hydrogens (tertiary/aromatic N) is 1. The first kappa shape index (κ1) is 16.3. The number of primary amides is 1. The number of hydrogen-bond acceptors (Lipinski definition) is 3. The van der Waals surface area contributed by atoms with Crippen LogP contribution in [0.1, 0.15) is 44.9 Å². The largest absolute Gasteiger partial charge is 0.480 e. The van der Waals surface area contributed by atoms with Crippen LogP contribution in [0.2, 0.25) is 0 Å². The van der Waals surface area contributed by atoms with E-state index in [9.17, 15) is 14.4 Å². The lowest BCUT2D eigenvalue weighted by Crippen LogP contribution is -2.49. The van der Waals surface area contributed by atoms with Gasteiger partial charge in [0.2, 0.25) is 5.91 Å². The van der Waals surface area contributed by atoms with E-state index in [-0.39, 0.29) is 18.9 Å². The van der Waals surface area contributed by atoms with Gasteiger partial charge in [-0.15, -0.1) is 0 Å². The number of carbonyl (C=O) groups excluding carboxylic acids is 2. The molecule has 0 unspecified atom stereocenters. The van der Waals surface area contributed by atoms with Crippen LogP contribution in [0.3, 0.4) is 0 Å². The summed E-state index contributed by atoms with van der Waals surface area (Å²) < 4.78 is 0. The molecule has 20 heavy (non-hydrogen) atoms. The van der Waals surface area contributed by atoms with Crippen LogP contribution in [0, 0.1) is 0 Å². The summed E-state index contributed by atoms with van der Waals surface area (Å²) in [6.07, 6.45) is 5.20. The van der Waals surface area contributed by atoms with Crippen molar-refractivity contribution in [3.8, 4) is 0 Å². The summed E-state index contributed by atoms with van der Waals surface area (Å²) in [5.74, 6) is -1.72. The molecule has 4 N–H and O–H groups in total. The van der Waals surface area contributed by atoms with Gasteiger partial charge in [0.25, 0.3) is 0 Å². The fourth-order valence-electron chi connectivity index (χ4n) is 2.23. The average molecular weight is 285 g/mol. The van der Waals surface area contributed by atoms with Gasteiger partial charge in [-0.25, -0.2) is 9.59 Å². The normalized spacial score (nSPS) is 17.7. The molecule has 1 saturated heterocycles. The van der Waals surface area contributed by atoms with Gasteiger partial charge >= 0.3 is 12.0 Å². The lowest BCUT2D eigenvalue weighted by Gasteiger charge is -2.26. The third kappa shape index (κ3) is 5.90. The predicted molar refractivity (Wildman–Crippen MR) is 73.0 cm³/mol. The van der Waals surface area contributed by atoms with Crippen molar-refractivity contribution in [3.63, 3.8) is 0 Å². The number of hydrogen-bond donors (Lipinski definition) is 3. The maximum Gasteiger partial charge on any atom is 0.326 e. The molecule has 0 aromatic carbocycles. The van der Waals surface area contributed by atoms with Crippen LogP contribution < -0.4 is 11.1 Å². The second kappa shape index (κ2) is 8.39. The molecule has 114 valence electrons. The predicted octanol–water partition coefficient (Wildman–Crippen LogP) is 0.681. The second-order valence-electron chi connectivity index (χ2n) is 5.10. The maximum absolute atomic E-state index is 12.1. The van der Waals surface area contributed by atoms with Gasteiger partial charge < -0.3 is 21.1 Å². The monoisotopic (exact) mass is 285 g/mol. The lowest BCUT2D eigenvalue weighted by molar-refractivity contribution is -0.139. The van der Waals surface area contributed by atoms with Crippen LogP contribution in [0.25, 0.3) is 0 Å². The van der Waals surface area contributed by atoms with Crippen LogP contribution >= 0.6 is 0 Å². The summed E-state index contributed by atoms with van der Waals surface area (Å²) in [4.78, 5) is 35.5. The van der Waals surface area contributed by atoms with Crippen molar-refractivity contribution < 1.29 is 19.5 Å². The first-order valence-corrected chi connectivity index (χ1v) is 7.07. The Hall–Kier alpha value is -1.79. The van der Waals surface area contributed by atoms with Gasteiger partial charge in [-0.1, -0.05) is 19.3 Å². The van der Waals surface area contributed by atoms with E-state index in [1.165, 1.54) is 6.42 Å². The summed E-state index contributed by atoms with van der Waals surface area (Å²) in [5, 5.41) is 11.5. The number of amides is 3. The third-order valence-electron chi connectivity index (χ3n) is 3.42. The van der Waals surface area contributed by atoms with E-state index in [1.807, 2.05) is 0 Å². The van der Waals surface area contributed by atoms with E-state index in [2.05, 4.69) is 5.32 Å². The Morgan fingerprint density at radius 3 is 2.15 bits per heavy atom. The Kier molecular flexibility index (Phi) is 6.83. The van der Waals surface area contributed by atoms with Gasteiger partial charge in [0, 0.05) is 19.5 Å².